The molecule has 3 nitrogen and oxygen atoms in total. The van der Waals surface area contributed by atoms with Gasteiger partial charge in [-0.2, -0.15) is 0 Å². The molecule has 1 unspecified atom stereocenters. The Morgan fingerprint density at radius 1 is 1.47 bits per heavy atom. The second-order valence-electron chi connectivity index (χ2n) is 5.39. The zero-order valence-electron chi connectivity index (χ0n) is 10.2. The van der Waals surface area contributed by atoms with Gasteiger partial charge < -0.3 is 10.2 Å². The second-order valence-corrected chi connectivity index (χ2v) is 6.24. The highest BCUT2D eigenvalue weighted by Crippen LogP contribution is 2.37. The molecule has 17 heavy (non-hydrogen) atoms. The van der Waals surface area contributed by atoms with Crippen molar-refractivity contribution < 1.29 is 0 Å². The summed E-state index contributed by atoms with van der Waals surface area (Å²) in [6.07, 6.45) is 4.54. The van der Waals surface area contributed by atoms with Crippen LogP contribution in [0, 0.1) is 12.3 Å². The van der Waals surface area contributed by atoms with E-state index in [4.69, 9.17) is 0 Å². The van der Waals surface area contributed by atoms with Crippen LogP contribution in [0.1, 0.15) is 18.4 Å². The predicted octanol–water partition coefficient (Wildman–Crippen LogP) is 2.34. The molecule has 2 aliphatic rings. The maximum atomic E-state index is 4.53. The van der Waals surface area contributed by atoms with Crippen molar-refractivity contribution in [2.45, 2.75) is 19.8 Å². The van der Waals surface area contributed by atoms with Crippen LogP contribution in [0.5, 0.6) is 0 Å². The van der Waals surface area contributed by atoms with Crippen molar-refractivity contribution in [3.05, 3.63) is 22.3 Å². The Bertz CT molecular complexity index is 427. The van der Waals surface area contributed by atoms with Crippen molar-refractivity contribution in [2.75, 3.05) is 31.1 Å². The average molecular weight is 296 g/mol. The van der Waals surface area contributed by atoms with E-state index >= 15 is 0 Å². The second kappa shape index (κ2) is 4.25. The largest absolute Gasteiger partial charge is 0.356 e. The Hall–Kier alpha value is -0.610. The van der Waals surface area contributed by atoms with E-state index in [9.17, 15) is 0 Å². The number of nitrogens with one attached hydrogen (secondary N) is 1. The Balaban J connectivity index is 1.79. The van der Waals surface area contributed by atoms with E-state index in [1.807, 2.05) is 6.20 Å². The first-order valence-corrected chi connectivity index (χ1v) is 7.06. The maximum absolute atomic E-state index is 4.53. The van der Waals surface area contributed by atoms with Crippen LogP contribution in [0.4, 0.5) is 5.82 Å². The first-order valence-electron chi connectivity index (χ1n) is 6.26. The topological polar surface area (TPSA) is 28.2 Å². The van der Waals surface area contributed by atoms with Gasteiger partial charge >= 0.3 is 0 Å². The summed E-state index contributed by atoms with van der Waals surface area (Å²) in [5, 5.41) is 3.49. The molecule has 1 spiro atoms. The Kier molecular flexibility index (Phi) is 2.87. The van der Waals surface area contributed by atoms with Gasteiger partial charge in [-0.25, -0.2) is 4.98 Å². The summed E-state index contributed by atoms with van der Waals surface area (Å²) >= 11 is 3.51. The Morgan fingerprint density at radius 3 is 3.06 bits per heavy atom. The first-order chi connectivity index (χ1) is 8.19. The molecule has 0 aliphatic carbocycles. The van der Waals surface area contributed by atoms with Gasteiger partial charge in [-0.05, 0) is 53.9 Å². The average Bonchev–Trinajstić information content (AvgIpc) is 2.94. The fourth-order valence-corrected chi connectivity index (χ4v) is 3.19. The molecular weight excluding hydrogens is 278 g/mol. The van der Waals surface area contributed by atoms with Gasteiger partial charge in [0.25, 0.3) is 0 Å². The number of nitrogens with zero attached hydrogens (tertiary/aromatic N) is 2. The highest BCUT2D eigenvalue weighted by molar-refractivity contribution is 9.10. The molecule has 0 saturated carbocycles. The van der Waals surface area contributed by atoms with Crippen molar-refractivity contribution in [3.63, 3.8) is 0 Å². The summed E-state index contributed by atoms with van der Waals surface area (Å²) < 4.78 is 1.10. The van der Waals surface area contributed by atoms with Crippen LogP contribution in [-0.2, 0) is 0 Å². The van der Waals surface area contributed by atoms with Crippen molar-refractivity contribution >= 4 is 21.7 Å². The van der Waals surface area contributed by atoms with E-state index < -0.39 is 0 Å². The molecule has 0 amide bonds. The van der Waals surface area contributed by atoms with Crippen LogP contribution < -0.4 is 10.2 Å². The van der Waals surface area contributed by atoms with E-state index in [-0.39, 0.29) is 0 Å². The van der Waals surface area contributed by atoms with Gasteiger partial charge in [-0.1, -0.05) is 0 Å². The molecule has 0 radical (unpaired) electrons. The van der Waals surface area contributed by atoms with E-state index in [1.165, 1.54) is 31.5 Å². The van der Waals surface area contributed by atoms with Gasteiger partial charge in [0, 0.05) is 35.7 Å². The number of anilines is 1. The van der Waals surface area contributed by atoms with Gasteiger partial charge in [-0.3, -0.25) is 0 Å². The van der Waals surface area contributed by atoms with Crippen molar-refractivity contribution in [3.8, 4) is 0 Å². The Labute approximate surface area is 111 Å². The molecule has 1 aromatic rings. The number of aryl methyl sites for hydroxylation is 1. The normalized spacial score (nSPS) is 28.2. The number of rotatable bonds is 1. The van der Waals surface area contributed by atoms with Gasteiger partial charge in [0.15, 0.2) is 0 Å². The lowest BCUT2D eigenvalue weighted by molar-refractivity contribution is 0.369. The number of pyridine rings is 1. The van der Waals surface area contributed by atoms with E-state index in [0.717, 1.165) is 23.4 Å². The smallest absolute Gasteiger partial charge is 0.128 e. The van der Waals surface area contributed by atoms with Crippen LogP contribution in [-0.4, -0.2) is 31.2 Å². The standard InChI is InChI=1S/C13H18BrN3/c1-10-6-12(16-7-11(10)14)17-5-3-13(9-17)2-4-15-8-13/h6-7,15H,2-5,8-9H2,1H3. The highest BCUT2D eigenvalue weighted by Gasteiger charge is 2.40. The fraction of sp³-hybridized carbons (Fsp3) is 0.615. The molecule has 2 aliphatic heterocycles. The van der Waals surface area contributed by atoms with Crippen LogP contribution in [0.15, 0.2) is 16.7 Å². The molecule has 1 aromatic heterocycles. The zero-order chi connectivity index (χ0) is 11.9. The molecule has 0 bridgehead atoms. The summed E-state index contributed by atoms with van der Waals surface area (Å²) in [5.41, 5.74) is 1.78. The first kappa shape index (κ1) is 11.5. The molecule has 4 heteroatoms. The minimum Gasteiger partial charge on any atom is -0.356 e. The molecule has 3 rings (SSSR count). The van der Waals surface area contributed by atoms with E-state index in [2.05, 4.69) is 44.1 Å². The number of halogens is 1. The van der Waals surface area contributed by atoms with Gasteiger partial charge in [0.05, 0.1) is 0 Å². The highest BCUT2D eigenvalue weighted by atomic mass is 79.9. The van der Waals surface area contributed by atoms with Crippen molar-refractivity contribution in [1.29, 1.82) is 0 Å². The fourth-order valence-electron chi connectivity index (χ4n) is 2.97. The minimum absolute atomic E-state index is 0.517. The summed E-state index contributed by atoms with van der Waals surface area (Å²) in [5.74, 6) is 1.13. The summed E-state index contributed by atoms with van der Waals surface area (Å²) in [6.45, 7) is 6.79. The summed E-state index contributed by atoms with van der Waals surface area (Å²) in [6, 6.07) is 2.19. The zero-order valence-corrected chi connectivity index (χ0v) is 11.8. The van der Waals surface area contributed by atoms with Crippen LogP contribution >= 0.6 is 15.9 Å². The van der Waals surface area contributed by atoms with Crippen LogP contribution in [0.2, 0.25) is 0 Å². The SMILES string of the molecule is Cc1cc(N2CCC3(CCNC3)C2)ncc1Br. The Morgan fingerprint density at radius 2 is 2.35 bits per heavy atom. The van der Waals surface area contributed by atoms with Crippen molar-refractivity contribution in [2.24, 2.45) is 5.41 Å². The van der Waals surface area contributed by atoms with E-state index in [0.29, 0.717) is 5.41 Å². The summed E-state index contributed by atoms with van der Waals surface area (Å²) in [7, 11) is 0. The lowest BCUT2D eigenvalue weighted by atomic mass is 9.87. The third kappa shape index (κ3) is 2.08. The molecule has 1 atom stereocenters. The number of hydrogen-bond acceptors (Lipinski definition) is 3. The third-order valence-corrected chi connectivity index (χ3v) is 4.96. The molecule has 0 aromatic carbocycles. The molecule has 3 heterocycles. The molecular formula is C13H18BrN3. The maximum Gasteiger partial charge on any atom is 0.128 e. The number of aromatic nitrogens is 1. The molecule has 2 fully saturated rings. The number of hydrogen-bond donors (Lipinski definition) is 1. The third-order valence-electron chi connectivity index (χ3n) is 4.13. The predicted molar refractivity (Wildman–Crippen MR) is 73.4 cm³/mol. The van der Waals surface area contributed by atoms with Crippen molar-refractivity contribution in [1.82, 2.24) is 10.3 Å². The molecule has 2 saturated heterocycles. The molecule has 92 valence electrons. The monoisotopic (exact) mass is 295 g/mol. The van der Waals surface area contributed by atoms with Crippen LogP contribution in [0.3, 0.4) is 0 Å². The minimum atomic E-state index is 0.517. The molecule has 1 N–H and O–H groups in total. The quantitative estimate of drug-likeness (QED) is 0.862. The van der Waals surface area contributed by atoms with Crippen LogP contribution in [0.25, 0.3) is 0 Å². The summed E-state index contributed by atoms with van der Waals surface area (Å²) in [4.78, 5) is 6.97. The van der Waals surface area contributed by atoms with Gasteiger partial charge in [0.1, 0.15) is 5.82 Å². The lowest BCUT2D eigenvalue weighted by Gasteiger charge is -2.23. The lowest BCUT2D eigenvalue weighted by Crippen LogP contribution is -2.29. The van der Waals surface area contributed by atoms with Gasteiger partial charge in [0.2, 0.25) is 0 Å². The van der Waals surface area contributed by atoms with E-state index in [1.54, 1.807) is 0 Å². The van der Waals surface area contributed by atoms with Gasteiger partial charge in [-0.15, -0.1) is 0 Å².